The van der Waals surface area contributed by atoms with Crippen LogP contribution in [-0.4, -0.2) is 53.5 Å². The van der Waals surface area contributed by atoms with Gasteiger partial charge in [-0.2, -0.15) is 5.10 Å². The smallest absolute Gasteiger partial charge is 0.339 e. The van der Waals surface area contributed by atoms with Gasteiger partial charge in [0.05, 0.1) is 25.0 Å². The lowest BCUT2D eigenvalue weighted by molar-refractivity contribution is 0.0521. The molecule has 114 valence electrons. The number of aromatic nitrogens is 2. The van der Waals surface area contributed by atoms with Crippen molar-refractivity contribution in [2.24, 2.45) is 0 Å². The molecule has 1 rings (SSSR count). The molecule has 0 saturated heterocycles. The van der Waals surface area contributed by atoms with Gasteiger partial charge in [0, 0.05) is 11.8 Å². The average Bonchev–Trinajstić information content (AvgIpc) is 2.35. The molecule has 1 aromatic rings. The Kier molecular flexibility index (Phi) is 6.22. The van der Waals surface area contributed by atoms with Crippen molar-refractivity contribution < 1.29 is 14.3 Å². The summed E-state index contributed by atoms with van der Waals surface area (Å²) in [7, 11) is -0.607. The van der Waals surface area contributed by atoms with E-state index in [0.29, 0.717) is 6.61 Å². The summed E-state index contributed by atoms with van der Waals surface area (Å²) in [6, 6.07) is 1.21. The highest BCUT2D eigenvalue weighted by Gasteiger charge is 2.09. The lowest BCUT2D eigenvalue weighted by Crippen LogP contribution is -2.25. The Morgan fingerprint density at radius 3 is 2.65 bits per heavy atom. The lowest BCUT2D eigenvalue weighted by Gasteiger charge is -2.24. The zero-order chi connectivity index (χ0) is 15.2. The fraction of sp³-hybridized carbons (Fsp3) is 0.615. The third kappa shape index (κ3) is 5.75. The minimum absolute atomic E-state index is 0.0947. The summed E-state index contributed by atoms with van der Waals surface area (Å²) >= 11 is 0. The topological polar surface area (TPSA) is 70.4 Å². The van der Waals surface area contributed by atoms with Crippen LogP contribution in [0.5, 0.6) is 0 Å². The summed E-state index contributed by atoms with van der Waals surface area (Å²) in [6.07, 6.45) is 7.93. The van der Waals surface area contributed by atoms with Crippen LogP contribution in [0.25, 0.3) is 0 Å². The van der Waals surface area contributed by atoms with Crippen LogP contribution in [0.3, 0.4) is 0 Å². The maximum atomic E-state index is 11.8. The number of esters is 1. The van der Waals surface area contributed by atoms with Crippen molar-refractivity contribution >= 4 is 16.0 Å². The van der Waals surface area contributed by atoms with Crippen molar-refractivity contribution in [1.29, 1.82) is 0 Å². The molecule has 1 aromatic heterocycles. The maximum absolute atomic E-state index is 11.8. The van der Waals surface area contributed by atoms with Crippen molar-refractivity contribution in [3.8, 4) is 0 Å². The fourth-order valence-electron chi connectivity index (χ4n) is 1.32. The van der Waals surface area contributed by atoms with Crippen molar-refractivity contribution in [2.45, 2.75) is 13.7 Å². The van der Waals surface area contributed by atoms with E-state index in [2.05, 4.69) is 23.9 Å². The molecule has 0 bridgehead atoms. The van der Waals surface area contributed by atoms with Gasteiger partial charge in [0.25, 0.3) is 5.56 Å². The molecular formula is C13H22N2O4S. The van der Waals surface area contributed by atoms with Crippen LogP contribution in [0.2, 0.25) is 0 Å². The molecule has 0 aliphatic carbocycles. The van der Waals surface area contributed by atoms with E-state index in [0.717, 1.165) is 5.75 Å². The molecule has 0 aromatic carbocycles. The Morgan fingerprint density at radius 1 is 1.40 bits per heavy atom. The van der Waals surface area contributed by atoms with E-state index in [1.165, 1.54) is 16.9 Å². The third-order valence-corrected chi connectivity index (χ3v) is 3.83. The Labute approximate surface area is 120 Å². The number of ether oxygens (including phenoxy) is 2. The maximum Gasteiger partial charge on any atom is 0.339 e. The molecule has 0 aliphatic rings. The van der Waals surface area contributed by atoms with Crippen LogP contribution in [0.4, 0.5) is 0 Å². The Bertz CT molecular complexity index is 508. The second kappa shape index (κ2) is 7.44. The van der Waals surface area contributed by atoms with E-state index in [9.17, 15) is 9.59 Å². The minimum atomic E-state index is -0.607. The summed E-state index contributed by atoms with van der Waals surface area (Å²) < 4.78 is 11.4. The summed E-state index contributed by atoms with van der Waals surface area (Å²) in [6.45, 7) is 2.65. The van der Waals surface area contributed by atoms with Crippen molar-refractivity contribution in [3.63, 3.8) is 0 Å². The van der Waals surface area contributed by atoms with Crippen LogP contribution in [0.1, 0.15) is 17.3 Å². The minimum Gasteiger partial charge on any atom is -0.462 e. The molecule has 0 aliphatic heterocycles. The Balaban J connectivity index is 2.56. The van der Waals surface area contributed by atoms with E-state index < -0.39 is 16.0 Å². The first-order valence-electron chi connectivity index (χ1n) is 6.31. The van der Waals surface area contributed by atoms with Gasteiger partial charge in [-0.25, -0.2) is 19.5 Å². The number of hydrogen-bond acceptors (Lipinski definition) is 5. The van der Waals surface area contributed by atoms with Gasteiger partial charge in [0.1, 0.15) is 6.73 Å². The standard InChI is InChI=1S/C13H22N2O4S/c1-5-19-13(17)11-8-12(16)15(14-9-11)10-18-6-7-20(2,3)4/h8-9H,5-7,10H2,1-4H3. The molecule has 0 atom stereocenters. The highest BCUT2D eigenvalue weighted by atomic mass is 32.3. The SMILES string of the molecule is CCOC(=O)c1cnn(COCCS(C)(C)C)c(=O)c1. The van der Waals surface area contributed by atoms with Crippen LogP contribution < -0.4 is 5.56 Å². The van der Waals surface area contributed by atoms with Crippen LogP contribution in [0.15, 0.2) is 17.1 Å². The Morgan fingerprint density at radius 2 is 2.10 bits per heavy atom. The zero-order valence-corrected chi connectivity index (χ0v) is 13.2. The van der Waals surface area contributed by atoms with E-state index in [-0.39, 0.29) is 24.5 Å². The predicted molar refractivity (Wildman–Crippen MR) is 80.6 cm³/mol. The third-order valence-electron chi connectivity index (χ3n) is 2.43. The zero-order valence-electron chi connectivity index (χ0n) is 12.4. The van der Waals surface area contributed by atoms with Gasteiger partial charge in [-0.1, -0.05) is 0 Å². The first-order valence-corrected chi connectivity index (χ1v) is 9.34. The molecule has 0 N–H and O–H groups in total. The van der Waals surface area contributed by atoms with Crippen molar-refractivity contribution in [3.05, 3.63) is 28.2 Å². The number of hydrogen-bond donors (Lipinski definition) is 0. The first kappa shape index (κ1) is 16.7. The molecule has 0 unspecified atom stereocenters. The summed E-state index contributed by atoms with van der Waals surface area (Å²) in [5.74, 6) is 0.435. The number of carbonyl (C=O) groups excluding carboxylic acids is 1. The molecule has 20 heavy (non-hydrogen) atoms. The van der Waals surface area contributed by atoms with E-state index in [4.69, 9.17) is 9.47 Å². The lowest BCUT2D eigenvalue weighted by atomic mass is 10.3. The average molecular weight is 302 g/mol. The highest BCUT2D eigenvalue weighted by molar-refractivity contribution is 8.32. The van der Waals surface area contributed by atoms with E-state index >= 15 is 0 Å². The molecule has 7 heteroatoms. The Hall–Kier alpha value is -1.34. The van der Waals surface area contributed by atoms with Gasteiger partial charge < -0.3 is 9.47 Å². The first-order chi connectivity index (χ1) is 9.33. The van der Waals surface area contributed by atoms with Crippen molar-refractivity contribution in [1.82, 2.24) is 9.78 Å². The quantitative estimate of drug-likeness (QED) is 0.557. The number of rotatable bonds is 7. The van der Waals surface area contributed by atoms with Crippen LogP contribution in [-0.2, 0) is 16.2 Å². The van der Waals surface area contributed by atoms with Crippen LogP contribution in [0, 0.1) is 0 Å². The highest BCUT2D eigenvalue weighted by Crippen LogP contribution is 2.33. The molecule has 6 nitrogen and oxygen atoms in total. The van der Waals surface area contributed by atoms with Gasteiger partial charge in [-0.3, -0.25) is 4.79 Å². The second-order valence-electron chi connectivity index (χ2n) is 5.13. The van der Waals surface area contributed by atoms with Crippen molar-refractivity contribution in [2.75, 3.05) is 37.7 Å². The molecule has 0 fully saturated rings. The van der Waals surface area contributed by atoms with E-state index in [1.807, 2.05) is 0 Å². The largest absolute Gasteiger partial charge is 0.462 e. The summed E-state index contributed by atoms with van der Waals surface area (Å²) in [5, 5.41) is 3.90. The van der Waals surface area contributed by atoms with Gasteiger partial charge in [0.2, 0.25) is 0 Å². The van der Waals surface area contributed by atoms with Gasteiger partial charge >= 0.3 is 5.97 Å². The molecular weight excluding hydrogens is 280 g/mol. The number of nitrogens with zero attached hydrogens (tertiary/aromatic N) is 2. The van der Waals surface area contributed by atoms with Gasteiger partial charge in [-0.05, 0) is 25.7 Å². The molecule has 0 amide bonds. The second-order valence-corrected chi connectivity index (χ2v) is 9.72. The predicted octanol–water partition coefficient (Wildman–Crippen LogP) is 1.09. The molecule has 0 spiro atoms. The fourth-order valence-corrected chi connectivity index (χ4v) is 1.93. The van der Waals surface area contributed by atoms with Gasteiger partial charge in [0.15, 0.2) is 0 Å². The monoisotopic (exact) mass is 302 g/mol. The van der Waals surface area contributed by atoms with Crippen LogP contribution >= 0.6 is 10.0 Å². The normalized spacial score (nSPS) is 12.2. The van der Waals surface area contributed by atoms with E-state index in [1.54, 1.807) is 6.92 Å². The number of carbonyl (C=O) groups is 1. The summed E-state index contributed by atoms with van der Waals surface area (Å²) in [4.78, 5) is 23.2. The van der Waals surface area contributed by atoms with Gasteiger partial charge in [-0.15, -0.1) is 0 Å². The molecule has 0 saturated carbocycles. The molecule has 0 radical (unpaired) electrons. The molecule has 1 heterocycles. The summed E-state index contributed by atoms with van der Waals surface area (Å²) in [5.41, 5.74) is -0.217.